The van der Waals surface area contributed by atoms with E-state index in [0.29, 0.717) is 18.2 Å². The van der Waals surface area contributed by atoms with Crippen LogP contribution in [0.5, 0.6) is 0 Å². The van der Waals surface area contributed by atoms with Crippen LogP contribution < -0.4 is 10.2 Å². The summed E-state index contributed by atoms with van der Waals surface area (Å²) >= 11 is 0. The molecule has 1 aliphatic heterocycles. The zero-order valence-electron chi connectivity index (χ0n) is 14.0. The smallest absolute Gasteiger partial charge is 0.279 e. The molecule has 0 aliphatic carbocycles. The van der Waals surface area contributed by atoms with Crippen molar-refractivity contribution >= 4 is 21.6 Å². The van der Waals surface area contributed by atoms with Crippen molar-refractivity contribution in [2.24, 2.45) is 5.92 Å². The fraction of sp³-hybridized carbons (Fsp3) is 0.562. The zero-order valence-corrected chi connectivity index (χ0v) is 14.8. The molecule has 1 aromatic carbocycles. The summed E-state index contributed by atoms with van der Waals surface area (Å²) in [7, 11) is -0.518. The second-order valence-electron chi connectivity index (χ2n) is 6.49. The second-order valence-corrected chi connectivity index (χ2v) is 8.64. The molecule has 1 unspecified atom stereocenters. The monoisotopic (exact) mass is 340 g/mol. The van der Waals surface area contributed by atoms with Crippen LogP contribution in [0.3, 0.4) is 0 Å². The topological polar surface area (TPSA) is 70.9 Å². The summed E-state index contributed by atoms with van der Waals surface area (Å²) in [5.41, 5.74) is 0.516. The Bertz CT molecular complexity index is 658. The number of likely N-dealkylation sites (tertiary alicyclic amines) is 1. The molecule has 1 heterocycles. The van der Waals surface area contributed by atoms with Gasteiger partial charge in [-0.25, -0.2) is 12.7 Å². The Hall–Kier alpha value is -1.44. The molecule has 2 atom stereocenters. The van der Waals surface area contributed by atoms with Gasteiger partial charge in [0.25, 0.3) is 5.91 Å². The van der Waals surface area contributed by atoms with E-state index in [9.17, 15) is 13.2 Å². The standard InChI is InChI=1S/C16H25N3O3S/c1-13-6-5-9-19(11-13)12-16(20)17-14-7-4-8-15(10-14)23(21,22)18(2)3/h4,7-8,10,13H,5-6,9,11-12H2,1-3H3,(H,17,20)/p+1/t13-/m1/s1. The van der Waals surface area contributed by atoms with Crippen LogP contribution in [0, 0.1) is 5.92 Å². The lowest BCUT2D eigenvalue weighted by Gasteiger charge is -2.27. The van der Waals surface area contributed by atoms with Crippen molar-refractivity contribution in [3.63, 3.8) is 0 Å². The first kappa shape index (κ1) is 17.9. The second kappa shape index (κ2) is 7.42. The van der Waals surface area contributed by atoms with Crippen molar-refractivity contribution < 1.29 is 18.1 Å². The van der Waals surface area contributed by atoms with Gasteiger partial charge in [0.2, 0.25) is 10.0 Å². The van der Waals surface area contributed by atoms with Gasteiger partial charge >= 0.3 is 0 Å². The van der Waals surface area contributed by atoms with Crippen LogP contribution in [0.25, 0.3) is 0 Å². The first-order valence-electron chi connectivity index (χ1n) is 7.95. The molecule has 23 heavy (non-hydrogen) atoms. The fourth-order valence-electron chi connectivity index (χ4n) is 2.94. The Kier molecular flexibility index (Phi) is 5.78. The van der Waals surface area contributed by atoms with Crippen molar-refractivity contribution in [2.45, 2.75) is 24.7 Å². The quantitative estimate of drug-likeness (QED) is 0.804. The largest absolute Gasteiger partial charge is 0.327 e. The highest BCUT2D eigenvalue weighted by Gasteiger charge is 2.22. The number of quaternary nitrogens is 1. The van der Waals surface area contributed by atoms with E-state index in [0.717, 1.165) is 23.8 Å². The number of carbonyl (C=O) groups excluding carboxylic acids is 1. The van der Waals surface area contributed by atoms with Gasteiger partial charge in [0.1, 0.15) is 0 Å². The Morgan fingerprint density at radius 1 is 1.39 bits per heavy atom. The predicted octanol–water partition coefficient (Wildman–Crippen LogP) is 0.190. The molecule has 1 fully saturated rings. The molecule has 6 nitrogen and oxygen atoms in total. The van der Waals surface area contributed by atoms with E-state index in [4.69, 9.17) is 0 Å². The maximum atomic E-state index is 12.2. The molecule has 1 saturated heterocycles. The Morgan fingerprint density at radius 3 is 2.78 bits per heavy atom. The van der Waals surface area contributed by atoms with Crippen molar-refractivity contribution in [2.75, 3.05) is 39.0 Å². The molecule has 1 aliphatic rings. The van der Waals surface area contributed by atoms with E-state index in [1.165, 1.54) is 37.5 Å². The van der Waals surface area contributed by atoms with Gasteiger partial charge in [-0.1, -0.05) is 13.0 Å². The maximum Gasteiger partial charge on any atom is 0.279 e. The molecule has 2 N–H and O–H groups in total. The van der Waals surface area contributed by atoms with Gasteiger partial charge in [0.15, 0.2) is 6.54 Å². The van der Waals surface area contributed by atoms with Crippen molar-refractivity contribution in [3.05, 3.63) is 24.3 Å². The van der Waals surface area contributed by atoms with Gasteiger partial charge in [-0.15, -0.1) is 0 Å². The van der Waals surface area contributed by atoms with Crippen LogP contribution in [0.15, 0.2) is 29.2 Å². The van der Waals surface area contributed by atoms with Crippen LogP contribution in [0.4, 0.5) is 5.69 Å². The average molecular weight is 340 g/mol. The fourth-order valence-corrected chi connectivity index (χ4v) is 3.88. The summed E-state index contributed by atoms with van der Waals surface area (Å²) in [5.74, 6) is 0.577. The average Bonchev–Trinajstić information content (AvgIpc) is 2.47. The number of anilines is 1. The van der Waals surface area contributed by atoms with Crippen LogP contribution in [0.2, 0.25) is 0 Å². The molecule has 0 aromatic heterocycles. The summed E-state index contributed by atoms with van der Waals surface area (Å²) in [5, 5.41) is 2.81. The molecule has 0 radical (unpaired) electrons. The van der Waals surface area contributed by atoms with Gasteiger partial charge in [-0.2, -0.15) is 0 Å². The SMILES string of the molecule is C[C@@H]1CCC[NH+](CC(=O)Nc2cccc(S(=O)(=O)N(C)C)c2)C1. The lowest BCUT2D eigenvalue weighted by Crippen LogP contribution is -3.14. The highest BCUT2D eigenvalue weighted by molar-refractivity contribution is 7.89. The molecule has 0 spiro atoms. The number of carbonyl (C=O) groups is 1. The van der Waals surface area contributed by atoms with Gasteiger partial charge in [-0.3, -0.25) is 4.79 Å². The molecular formula is C16H26N3O3S+. The number of hydrogen-bond acceptors (Lipinski definition) is 3. The number of sulfonamides is 1. The number of piperidine rings is 1. The molecule has 1 aromatic rings. The summed E-state index contributed by atoms with van der Waals surface area (Å²) in [4.78, 5) is 13.7. The molecular weight excluding hydrogens is 314 g/mol. The number of benzene rings is 1. The third kappa shape index (κ3) is 4.76. The molecule has 0 bridgehead atoms. The number of amides is 1. The number of rotatable bonds is 5. The normalized spacial score (nSPS) is 22.1. The van der Waals surface area contributed by atoms with E-state index in [2.05, 4.69) is 12.2 Å². The van der Waals surface area contributed by atoms with Crippen LogP contribution in [-0.2, 0) is 14.8 Å². The molecule has 2 rings (SSSR count). The van der Waals surface area contributed by atoms with E-state index in [1.807, 2.05) is 0 Å². The highest BCUT2D eigenvalue weighted by atomic mass is 32.2. The van der Waals surface area contributed by atoms with Crippen LogP contribution >= 0.6 is 0 Å². The minimum absolute atomic E-state index is 0.0755. The highest BCUT2D eigenvalue weighted by Crippen LogP contribution is 2.17. The Balaban J connectivity index is 2.01. The van der Waals surface area contributed by atoms with E-state index in [1.54, 1.807) is 12.1 Å². The van der Waals surface area contributed by atoms with Crippen molar-refractivity contribution in [1.29, 1.82) is 0 Å². The van der Waals surface area contributed by atoms with E-state index >= 15 is 0 Å². The maximum absolute atomic E-state index is 12.2. The van der Waals surface area contributed by atoms with Gasteiger partial charge in [0.05, 0.1) is 18.0 Å². The number of nitrogens with one attached hydrogen (secondary N) is 2. The van der Waals surface area contributed by atoms with Crippen molar-refractivity contribution in [1.82, 2.24) is 4.31 Å². The third-order valence-corrected chi connectivity index (χ3v) is 5.98. The van der Waals surface area contributed by atoms with Crippen LogP contribution in [0.1, 0.15) is 19.8 Å². The van der Waals surface area contributed by atoms with E-state index < -0.39 is 10.0 Å². The summed E-state index contributed by atoms with van der Waals surface area (Å²) in [6, 6.07) is 6.38. The lowest BCUT2D eigenvalue weighted by molar-refractivity contribution is -0.900. The lowest BCUT2D eigenvalue weighted by atomic mass is 10.0. The molecule has 7 heteroatoms. The van der Waals surface area contributed by atoms with Crippen LogP contribution in [-0.4, -0.2) is 52.4 Å². The van der Waals surface area contributed by atoms with Gasteiger partial charge in [-0.05, 0) is 31.0 Å². The molecule has 0 saturated carbocycles. The number of nitrogens with zero attached hydrogens (tertiary/aromatic N) is 1. The summed E-state index contributed by atoms with van der Waals surface area (Å²) in [6.45, 7) is 4.68. The Morgan fingerprint density at radius 2 is 2.13 bits per heavy atom. The Labute approximate surface area is 138 Å². The minimum atomic E-state index is -3.49. The van der Waals surface area contributed by atoms with Crippen molar-refractivity contribution in [3.8, 4) is 0 Å². The zero-order chi connectivity index (χ0) is 17.0. The summed E-state index contributed by atoms with van der Waals surface area (Å²) in [6.07, 6.45) is 2.38. The van der Waals surface area contributed by atoms with E-state index in [-0.39, 0.29) is 10.8 Å². The number of hydrogen-bond donors (Lipinski definition) is 2. The molecule has 128 valence electrons. The molecule has 1 amide bonds. The van der Waals surface area contributed by atoms with Gasteiger partial charge < -0.3 is 10.2 Å². The van der Waals surface area contributed by atoms with Gasteiger partial charge in [0, 0.05) is 25.7 Å². The third-order valence-electron chi connectivity index (χ3n) is 4.17. The minimum Gasteiger partial charge on any atom is -0.327 e. The predicted molar refractivity (Wildman–Crippen MR) is 89.9 cm³/mol. The first-order valence-corrected chi connectivity index (χ1v) is 9.39. The summed E-state index contributed by atoms with van der Waals surface area (Å²) < 4.78 is 25.4. The first-order chi connectivity index (χ1) is 10.8.